The molecular weight excluding hydrogens is 308 g/mol. The average Bonchev–Trinajstić information content (AvgIpc) is 2.61. The first-order chi connectivity index (χ1) is 12.1. The van der Waals surface area contributed by atoms with E-state index >= 15 is 0 Å². The zero-order valence-electron chi connectivity index (χ0n) is 15.0. The lowest BCUT2D eigenvalue weighted by atomic mass is 10.1. The van der Waals surface area contributed by atoms with Crippen LogP contribution in [0.3, 0.4) is 0 Å². The summed E-state index contributed by atoms with van der Waals surface area (Å²) < 4.78 is 0. The van der Waals surface area contributed by atoms with E-state index in [0.29, 0.717) is 12.5 Å². The molecule has 3 aromatic rings. The Morgan fingerprint density at radius 3 is 2.40 bits per heavy atom. The second-order valence-corrected chi connectivity index (χ2v) is 6.27. The zero-order chi connectivity index (χ0) is 17.6. The molecule has 0 aliphatic rings. The van der Waals surface area contributed by atoms with Crippen molar-refractivity contribution >= 4 is 11.8 Å². The number of rotatable bonds is 6. The molecule has 0 saturated carbocycles. The van der Waals surface area contributed by atoms with Crippen molar-refractivity contribution in [1.29, 1.82) is 0 Å². The van der Waals surface area contributed by atoms with Gasteiger partial charge in [0.15, 0.2) is 0 Å². The number of anilines is 2. The van der Waals surface area contributed by atoms with E-state index in [1.54, 1.807) is 0 Å². The normalized spacial score (nSPS) is 11.8. The molecule has 2 N–H and O–H groups in total. The van der Waals surface area contributed by atoms with E-state index in [2.05, 4.69) is 70.8 Å². The maximum Gasteiger partial charge on any atom is 0.225 e. The van der Waals surface area contributed by atoms with Gasteiger partial charge in [-0.2, -0.15) is 4.98 Å². The first-order valence-electron chi connectivity index (χ1n) is 8.57. The molecular formula is C21H24N4. The lowest BCUT2D eigenvalue weighted by Gasteiger charge is -2.16. The summed E-state index contributed by atoms with van der Waals surface area (Å²) in [5.74, 6) is 1.47. The third kappa shape index (κ3) is 4.57. The van der Waals surface area contributed by atoms with Crippen molar-refractivity contribution in [2.45, 2.75) is 33.4 Å². The fourth-order valence-corrected chi connectivity index (χ4v) is 2.75. The Morgan fingerprint density at radius 1 is 0.920 bits per heavy atom. The van der Waals surface area contributed by atoms with Gasteiger partial charge in [-0.3, -0.25) is 0 Å². The number of nitrogens with one attached hydrogen (secondary N) is 2. The summed E-state index contributed by atoms with van der Waals surface area (Å²) in [6, 6.07) is 20.8. The van der Waals surface area contributed by atoms with E-state index in [0.717, 1.165) is 11.5 Å². The number of hydrogen-bond acceptors (Lipinski definition) is 4. The maximum absolute atomic E-state index is 4.61. The zero-order valence-corrected chi connectivity index (χ0v) is 15.0. The van der Waals surface area contributed by atoms with Gasteiger partial charge in [-0.05, 0) is 37.5 Å². The third-order valence-corrected chi connectivity index (χ3v) is 4.22. The highest BCUT2D eigenvalue weighted by Gasteiger charge is 2.08. The molecule has 0 amide bonds. The second-order valence-electron chi connectivity index (χ2n) is 6.27. The number of aryl methyl sites for hydroxylation is 2. The Balaban J connectivity index is 1.71. The van der Waals surface area contributed by atoms with Gasteiger partial charge in [0.1, 0.15) is 5.82 Å². The molecule has 1 unspecified atom stereocenters. The van der Waals surface area contributed by atoms with E-state index in [4.69, 9.17) is 0 Å². The fourth-order valence-electron chi connectivity index (χ4n) is 2.75. The molecule has 4 heteroatoms. The van der Waals surface area contributed by atoms with Crippen molar-refractivity contribution in [3.8, 4) is 0 Å². The smallest absolute Gasteiger partial charge is 0.225 e. The van der Waals surface area contributed by atoms with Gasteiger partial charge in [-0.15, -0.1) is 0 Å². The van der Waals surface area contributed by atoms with Gasteiger partial charge in [-0.1, -0.05) is 54.6 Å². The lowest BCUT2D eigenvalue weighted by Crippen LogP contribution is -2.11. The number of aromatic nitrogens is 2. The SMILES string of the molecule is Cc1cc(NC(C)c2ccccc2)nc(NCc2ccccc2C)n1. The molecule has 1 aromatic heterocycles. The van der Waals surface area contributed by atoms with Crippen molar-refractivity contribution in [1.82, 2.24) is 9.97 Å². The van der Waals surface area contributed by atoms with Crippen LogP contribution in [0.1, 0.15) is 35.3 Å². The summed E-state index contributed by atoms with van der Waals surface area (Å²) >= 11 is 0. The molecule has 0 saturated heterocycles. The topological polar surface area (TPSA) is 49.8 Å². The van der Waals surface area contributed by atoms with Crippen LogP contribution in [-0.4, -0.2) is 9.97 Å². The maximum atomic E-state index is 4.61. The average molecular weight is 332 g/mol. The van der Waals surface area contributed by atoms with Crippen molar-refractivity contribution in [3.05, 3.63) is 83.0 Å². The first-order valence-corrected chi connectivity index (χ1v) is 8.57. The highest BCUT2D eigenvalue weighted by molar-refractivity contribution is 5.44. The summed E-state index contributed by atoms with van der Waals surface area (Å²) in [4.78, 5) is 9.11. The van der Waals surface area contributed by atoms with Crippen molar-refractivity contribution < 1.29 is 0 Å². The largest absolute Gasteiger partial charge is 0.363 e. The molecule has 0 bridgehead atoms. The van der Waals surface area contributed by atoms with Crippen LogP contribution in [-0.2, 0) is 6.54 Å². The molecule has 25 heavy (non-hydrogen) atoms. The van der Waals surface area contributed by atoms with Crippen molar-refractivity contribution in [2.24, 2.45) is 0 Å². The van der Waals surface area contributed by atoms with E-state index in [1.807, 2.05) is 31.2 Å². The predicted molar refractivity (Wildman–Crippen MR) is 104 cm³/mol. The Labute approximate surface area is 149 Å². The van der Waals surface area contributed by atoms with E-state index < -0.39 is 0 Å². The minimum Gasteiger partial charge on any atom is -0.363 e. The van der Waals surface area contributed by atoms with Crippen LogP contribution in [0.25, 0.3) is 0 Å². The highest BCUT2D eigenvalue weighted by Crippen LogP contribution is 2.19. The Bertz CT molecular complexity index is 830. The predicted octanol–water partition coefficient (Wildman–Crippen LogP) is 4.88. The molecule has 0 aliphatic heterocycles. The van der Waals surface area contributed by atoms with Crippen LogP contribution in [0, 0.1) is 13.8 Å². The third-order valence-electron chi connectivity index (χ3n) is 4.22. The Kier molecular flexibility index (Phi) is 5.29. The molecule has 4 nitrogen and oxygen atoms in total. The molecule has 3 rings (SSSR count). The van der Waals surface area contributed by atoms with Crippen LogP contribution >= 0.6 is 0 Å². The highest BCUT2D eigenvalue weighted by atomic mass is 15.1. The summed E-state index contributed by atoms with van der Waals surface area (Å²) in [6.45, 7) is 6.94. The summed E-state index contributed by atoms with van der Waals surface area (Å²) in [5, 5.41) is 6.79. The minimum atomic E-state index is 0.180. The van der Waals surface area contributed by atoms with Gasteiger partial charge in [0.05, 0.1) is 0 Å². The van der Waals surface area contributed by atoms with Crippen molar-refractivity contribution in [3.63, 3.8) is 0 Å². The van der Waals surface area contributed by atoms with E-state index in [-0.39, 0.29) is 6.04 Å². The van der Waals surface area contributed by atoms with E-state index in [1.165, 1.54) is 16.7 Å². The number of benzene rings is 2. The van der Waals surface area contributed by atoms with Gasteiger partial charge in [0.25, 0.3) is 0 Å². The van der Waals surface area contributed by atoms with E-state index in [9.17, 15) is 0 Å². The monoisotopic (exact) mass is 332 g/mol. The lowest BCUT2D eigenvalue weighted by molar-refractivity contribution is 0.869. The summed E-state index contributed by atoms with van der Waals surface area (Å²) in [7, 11) is 0. The molecule has 1 heterocycles. The molecule has 1 atom stereocenters. The van der Waals surface area contributed by atoms with Crippen LogP contribution in [0.15, 0.2) is 60.7 Å². The molecule has 0 aliphatic carbocycles. The van der Waals surface area contributed by atoms with Gasteiger partial charge in [0, 0.05) is 24.3 Å². The molecule has 128 valence electrons. The summed E-state index contributed by atoms with van der Waals surface area (Å²) in [5.41, 5.74) is 4.68. The standard InChI is InChI=1S/C21H24N4/c1-15-9-7-8-12-19(15)14-22-21-23-16(2)13-20(25-21)24-17(3)18-10-5-4-6-11-18/h4-13,17H,14H2,1-3H3,(H2,22,23,24,25). The van der Waals surface area contributed by atoms with Gasteiger partial charge >= 0.3 is 0 Å². The van der Waals surface area contributed by atoms with Crippen molar-refractivity contribution in [2.75, 3.05) is 10.6 Å². The molecule has 2 aromatic carbocycles. The Hall–Kier alpha value is -2.88. The quantitative estimate of drug-likeness (QED) is 0.675. The van der Waals surface area contributed by atoms with Gasteiger partial charge in [-0.25, -0.2) is 4.98 Å². The van der Waals surface area contributed by atoms with Gasteiger partial charge < -0.3 is 10.6 Å². The summed E-state index contributed by atoms with van der Waals surface area (Å²) in [6.07, 6.45) is 0. The van der Waals surface area contributed by atoms with Crippen LogP contribution in [0.5, 0.6) is 0 Å². The van der Waals surface area contributed by atoms with Gasteiger partial charge in [0.2, 0.25) is 5.95 Å². The van der Waals surface area contributed by atoms with Crippen LogP contribution < -0.4 is 10.6 Å². The van der Waals surface area contributed by atoms with Crippen LogP contribution in [0.4, 0.5) is 11.8 Å². The number of hydrogen-bond donors (Lipinski definition) is 2. The fraction of sp³-hybridized carbons (Fsp3) is 0.238. The molecule has 0 spiro atoms. The molecule has 0 radical (unpaired) electrons. The molecule has 0 fully saturated rings. The Morgan fingerprint density at radius 2 is 1.64 bits per heavy atom. The number of nitrogens with zero attached hydrogens (tertiary/aromatic N) is 2. The van der Waals surface area contributed by atoms with Crippen LogP contribution in [0.2, 0.25) is 0 Å². The first kappa shape index (κ1) is 17.0. The minimum absolute atomic E-state index is 0.180. The second kappa shape index (κ2) is 7.79.